The molecule has 9 nitrogen and oxygen atoms in total. The minimum atomic E-state index is -1.34. The van der Waals surface area contributed by atoms with Crippen LogP contribution in [0.25, 0.3) is 17.2 Å². The molecular weight excluding hydrogens is 473 g/mol. The van der Waals surface area contributed by atoms with Crippen LogP contribution in [0.2, 0.25) is 0 Å². The first-order valence-corrected chi connectivity index (χ1v) is 11.6. The number of carbonyl (C=O) groups excluding carboxylic acids is 1. The van der Waals surface area contributed by atoms with Crippen LogP contribution in [0.4, 0.5) is 16.0 Å². The van der Waals surface area contributed by atoms with Gasteiger partial charge in [-0.2, -0.15) is 0 Å². The normalized spacial score (nSPS) is 16.7. The number of fused-ring (bicyclic) bond motifs is 2. The van der Waals surface area contributed by atoms with Crippen LogP contribution < -0.4 is 11.1 Å². The van der Waals surface area contributed by atoms with Crippen LogP contribution in [0.3, 0.4) is 0 Å². The molecule has 0 saturated heterocycles. The van der Waals surface area contributed by atoms with Crippen molar-refractivity contribution >= 4 is 23.2 Å². The first kappa shape index (κ1) is 22.6. The number of rotatable bonds is 4. The van der Waals surface area contributed by atoms with Crippen LogP contribution in [0, 0.1) is 12.7 Å². The highest BCUT2D eigenvalue weighted by atomic mass is 19.1. The van der Waals surface area contributed by atoms with Crippen LogP contribution in [0.1, 0.15) is 34.9 Å². The summed E-state index contributed by atoms with van der Waals surface area (Å²) in [5.74, 6) is -1.23. The number of benzene rings is 2. The van der Waals surface area contributed by atoms with Crippen LogP contribution in [0.5, 0.6) is 5.75 Å². The lowest BCUT2D eigenvalue weighted by Crippen LogP contribution is -2.33. The lowest BCUT2D eigenvalue weighted by atomic mass is 9.77. The number of phenols is 1. The van der Waals surface area contributed by atoms with Crippen LogP contribution >= 0.6 is 0 Å². The highest BCUT2D eigenvalue weighted by molar-refractivity contribution is 6.09. The van der Waals surface area contributed by atoms with E-state index in [1.807, 2.05) is 35.7 Å². The Labute approximate surface area is 210 Å². The summed E-state index contributed by atoms with van der Waals surface area (Å²) in [6, 6.07) is 12.0. The van der Waals surface area contributed by atoms with Crippen LogP contribution in [-0.4, -0.2) is 35.4 Å². The molecule has 5 aromatic rings. The maximum Gasteiger partial charge on any atom is 0.240 e. The Balaban J connectivity index is 1.46. The summed E-state index contributed by atoms with van der Waals surface area (Å²) in [4.78, 5) is 31.5. The molecule has 0 radical (unpaired) electrons. The number of carbonyl (C=O) groups is 1. The molecule has 4 heterocycles. The number of anilines is 2. The minimum absolute atomic E-state index is 0.0714. The quantitative estimate of drug-likeness (QED) is 0.346. The molecule has 4 N–H and O–H groups in total. The molecule has 1 amide bonds. The number of aryl methyl sites for hydroxylation is 1. The number of hydrogen-bond donors (Lipinski definition) is 3. The van der Waals surface area contributed by atoms with E-state index >= 15 is 0 Å². The van der Waals surface area contributed by atoms with Crippen molar-refractivity contribution in [2.45, 2.75) is 25.7 Å². The second-order valence-corrected chi connectivity index (χ2v) is 9.30. The number of aromatic hydroxyl groups is 1. The maximum atomic E-state index is 14.1. The molecule has 1 aliphatic rings. The van der Waals surface area contributed by atoms with Crippen molar-refractivity contribution in [1.82, 2.24) is 24.3 Å². The van der Waals surface area contributed by atoms with Crippen LogP contribution in [0.15, 0.2) is 61.1 Å². The number of halogens is 1. The van der Waals surface area contributed by atoms with Gasteiger partial charge in [-0.25, -0.2) is 24.3 Å². The van der Waals surface area contributed by atoms with Gasteiger partial charge in [0, 0.05) is 25.0 Å². The van der Waals surface area contributed by atoms with E-state index in [9.17, 15) is 14.3 Å². The first-order chi connectivity index (χ1) is 17.7. The Morgan fingerprint density at radius 1 is 1.16 bits per heavy atom. The van der Waals surface area contributed by atoms with E-state index in [1.165, 1.54) is 12.1 Å². The minimum Gasteiger partial charge on any atom is -0.505 e. The molecule has 1 atom stereocenters. The number of phenolic OH excluding ortho intramolecular Hbond substituents is 1. The van der Waals surface area contributed by atoms with E-state index in [0.29, 0.717) is 23.2 Å². The number of imidazole rings is 1. The lowest BCUT2D eigenvalue weighted by molar-refractivity contribution is -0.119. The van der Waals surface area contributed by atoms with Crippen LogP contribution in [-0.2, 0) is 16.6 Å². The average Bonchev–Trinajstić information content (AvgIpc) is 3.44. The van der Waals surface area contributed by atoms with Crippen molar-refractivity contribution < 1.29 is 14.3 Å². The highest BCUT2D eigenvalue weighted by Crippen LogP contribution is 2.45. The molecule has 3 aromatic heterocycles. The Kier molecular flexibility index (Phi) is 4.94. The van der Waals surface area contributed by atoms with E-state index < -0.39 is 22.9 Å². The Morgan fingerprint density at radius 2 is 2.00 bits per heavy atom. The molecule has 0 aliphatic carbocycles. The third kappa shape index (κ3) is 3.56. The molecule has 0 bridgehead atoms. The molecule has 184 valence electrons. The zero-order chi connectivity index (χ0) is 25.9. The summed E-state index contributed by atoms with van der Waals surface area (Å²) in [5, 5.41) is 12.4. The molecule has 37 heavy (non-hydrogen) atoms. The van der Waals surface area contributed by atoms with Gasteiger partial charge >= 0.3 is 0 Å². The Bertz CT molecular complexity index is 1730. The third-order valence-corrected chi connectivity index (χ3v) is 6.77. The van der Waals surface area contributed by atoms with Gasteiger partial charge in [-0.1, -0.05) is 35.9 Å². The van der Waals surface area contributed by atoms with E-state index in [4.69, 9.17) is 10.7 Å². The lowest BCUT2D eigenvalue weighted by Gasteiger charge is -2.23. The molecule has 1 aliphatic heterocycles. The van der Waals surface area contributed by atoms with Gasteiger partial charge in [0.1, 0.15) is 22.7 Å². The monoisotopic (exact) mass is 495 g/mol. The van der Waals surface area contributed by atoms with Crippen molar-refractivity contribution in [2.24, 2.45) is 0 Å². The van der Waals surface area contributed by atoms with E-state index in [-0.39, 0.29) is 17.5 Å². The average molecular weight is 496 g/mol. The zero-order valence-electron chi connectivity index (χ0n) is 20.0. The van der Waals surface area contributed by atoms with Gasteiger partial charge in [0.05, 0.1) is 11.3 Å². The summed E-state index contributed by atoms with van der Waals surface area (Å²) in [7, 11) is 0. The van der Waals surface area contributed by atoms with Gasteiger partial charge in [-0.3, -0.25) is 4.79 Å². The molecule has 10 heteroatoms. The predicted molar refractivity (Wildman–Crippen MR) is 136 cm³/mol. The molecular formula is C27H22FN7O2. The number of aromatic nitrogens is 5. The third-order valence-electron chi connectivity index (χ3n) is 6.77. The Morgan fingerprint density at radius 3 is 2.78 bits per heavy atom. The Hall–Kier alpha value is -4.86. The van der Waals surface area contributed by atoms with Gasteiger partial charge in [0.25, 0.3) is 0 Å². The number of nitrogens with two attached hydrogens (primary N) is 1. The summed E-state index contributed by atoms with van der Waals surface area (Å²) in [6.45, 7) is 3.66. The second-order valence-electron chi connectivity index (χ2n) is 9.30. The van der Waals surface area contributed by atoms with E-state index in [2.05, 4.69) is 26.3 Å². The van der Waals surface area contributed by atoms with E-state index in [1.54, 1.807) is 19.3 Å². The van der Waals surface area contributed by atoms with Crippen molar-refractivity contribution in [2.75, 3.05) is 11.1 Å². The summed E-state index contributed by atoms with van der Waals surface area (Å²) in [5.41, 5.74) is 9.87. The SMILES string of the molecule is Cc1cccc(Cc2nc(-c3nc(N)c4c(n3)NC(=O)C4(C)c3ccc(O)c(F)c3)cn3ccnc23)c1. The van der Waals surface area contributed by atoms with E-state index in [0.717, 1.165) is 28.5 Å². The fraction of sp³-hybridized carbons (Fsp3) is 0.148. The van der Waals surface area contributed by atoms with Gasteiger partial charge < -0.3 is 20.6 Å². The molecule has 6 rings (SSSR count). The molecule has 0 spiro atoms. The number of nitrogens with one attached hydrogen (secondary N) is 1. The largest absolute Gasteiger partial charge is 0.505 e. The van der Waals surface area contributed by atoms with Gasteiger partial charge in [-0.15, -0.1) is 0 Å². The molecule has 0 fully saturated rings. The van der Waals surface area contributed by atoms with Gasteiger partial charge in [0.2, 0.25) is 5.91 Å². The maximum absolute atomic E-state index is 14.1. The summed E-state index contributed by atoms with van der Waals surface area (Å²) >= 11 is 0. The zero-order valence-corrected chi connectivity index (χ0v) is 20.0. The van der Waals surface area contributed by atoms with Gasteiger partial charge in [-0.05, 0) is 37.1 Å². The van der Waals surface area contributed by atoms with Crippen molar-refractivity contribution in [3.8, 4) is 17.3 Å². The van der Waals surface area contributed by atoms with Gasteiger partial charge in [0.15, 0.2) is 23.0 Å². The fourth-order valence-electron chi connectivity index (χ4n) is 4.85. The molecule has 2 aromatic carbocycles. The number of hydrogen-bond acceptors (Lipinski definition) is 7. The van der Waals surface area contributed by atoms with Crippen molar-refractivity contribution in [3.05, 3.63) is 94.8 Å². The fourth-order valence-corrected chi connectivity index (χ4v) is 4.85. The molecule has 1 unspecified atom stereocenters. The highest BCUT2D eigenvalue weighted by Gasteiger charge is 2.48. The number of nitrogen functional groups attached to an aromatic ring is 1. The first-order valence-electron chi connectivity index (χ1n) is 11.6. The predicted octanol–water partition coefficient (Wildman–Crippen LogP) is 3.77. The summed E-state index contributed by atoms with van der Waals surface area (Å²) < 4.78 is 16.0. The summed E-state index contributed by atoms with van der Waals surface area (Å²) in [6.07, 6.45) is 5.82. The number of amides is 1. The second kappa shape index (κ2) is 8.09. The molecule has 0 saturated carbocycles. The topological polar surface area (TPSA) is 131 Å². The standard InChI is InChI=1S/C27H22FN7O2/c1-14-4-3-5-15(10-14)11-18-25-30-8-9-35(25)13-19(31-18)23-32-22(29)21-24(33-23)34-26(37)27(21,2)16-6-7-20(36)17(28)12-16/h3-10,12-13,36H,11H2,1-2H3,(H3,29,32,33,34,37). The van der Waals surface area contributed by atoms with Crippen molar-refractivity contribution in [1.29, 1.82) is 0 Å². The van der Waals surface area contributed by atoms with Crippen molar-refractivity contribution in [3.63, 3.8) is 0 Å². The smallest absolute Gasteiger partial charge is 0.240 e. The number of nitrogens with zero attached hydrogens (tertiary/aromatic N) is 5.